The van der Waals surface area contributed by atoms with Crippen molar-refractivity contribution in [3.05, 3.63) is 77.9 Å². The second-order valence-electron chi connectivity index (χ2n) is 6.48. The largest absolute Gasteiger partial charge is 0.455 e. The molecule has 0 aliphatic heterocycles. The lowest BCUT2D eigenvalue weighted by molar-refractivity contribution is 0.476. The van der Waals surface area contributed by atoms with Crippen LogP contribution in [0.1, 0.15) is 17.1 Å². The van der Waals surface area contributed by atoms with Gasteiger partial charge < -0.3 is 10.1 Å². The van der Waals surface area contributed by atoms with Crippen LogP contribution in [0.4, 0.5) is 11.5 Å². The van der Waals surface area contributed by atoms with E-state index in [-0.39, 0.29) is 0 Å². The van der Waals surface area contributed by atoms with E-state index < -0.39 is 0 Å². The molecular weight excluding hydrogens is 336 g/mol. The number of para-hydroxylation sites is 1. The third kappa shape index (κ3) is 3.72. The monoisotopic (exact) mass is 356 g/mol. The van der Waals surface area contributed by atoms with Crippen LogP contribution in [0.2, 0.25) is 0 Å². The number of benzene rings is 2. The summed E-state index contributed by atoms with van der Waals surface area (Å²) in [5.41, 5.74) is 3.86. The molecule has 5 heteroatoms. The van der Waals surface area contributed by atoms with Gasteiger partial charge in [0.25, 0.3) is 0 Å². The first-order valence-corrected chi connectivity index (χ1v) is 8.80. The van der Waals surface area contributed by atoms with Crippen LogP contribution >= 0.6 is 0 Å². The Hall–Kier alpha value is -3.47. The van der Waals surface area contributed by atoms with Crippen molar-refractivity contribution < 1.29 is 4.74 Å². The molecule has 1 N–H and O–H groups in total. The Kier molecular flexibility index (Phi) is 4.42. The second kappa shape index (κ2) is 7.03. The number of fused-ring (bicyclic) bond motifs is 1. The molecule has 0 saturated heterocycles. The fourth-order valence-corrected chi connectivity index (χ4v) is 2.91. The van der Waals surface area contributed by atoms with Gasteiger partial charge in [0, 0.05) is 16.8 Å². The number of pyridine rings is 1. The molecule has 134 valence electrons. The molecule has 27 heavy (non-hydrogen) atoms. The standard InChI is InChI=1S/C22H20N4O/c1-14-12-17(9-11-21(14)27-18-10-8-15(2)23-13-18)26-22-19-6-4-5-7-20(19)24-16(3)25-22/h4-13H,1-3H3,(H,24,25,26). The van der Waals surface area contributed by atoms with Gasteiger partial charge in [0.2, 0.25) is 0 Å². The summed E-state index contributed by atoms with van der Waals surface area (Å²) < 4.78 is 5.94. The quantitative estimate of drug-likeness (QED) is 0.524. The van der Waals surface area contributed by atoms with E-state index in [0.717, 1.165) is 51.0 Å². The average Bonchev–Trinajstić information content (AvgIpc) is 2.65. The van der Waals surface area contributed by atoms with E-state index >= 15 is 0 Å². The maximum absolute atomic E-state index is 5.94. The van der Waals surface area contributed by atoms with Crippen molar-refractivity contribution in [3.63, 3.8) is 0 Å². The minimum atomic E-state index is 0.724. The predicted octanol–water partition coefficient (Wildman–Crippen LogP) is 5.49. The van der Waals surface area contributed by atoms with Gasteiger partial charge in [-0.25, -0.2) is 9.97 Å². The molecule has 0 aliphatic carbocycles. The topological polar surface area (TPSA) is 59.9 Å². The summed E-state index contributed by atoms with van der Waals surface area (Å²) in [5, 5.41) is 4.40. The van der Waals surface area contributed by atoms with Gasteiger partial charge in [-0.05, 0) is 68.8 Å². The van der Waals surface area contributed by atoms with E-state index in [1.165, 1.54) is 0 Å². The SMILES string of the molecule is Cc1ccc(Oc2ccc(Nc3nc(C)nc4ccccc34)cc2C)cn1. The fourth-order valence-electron chi connectivity index (χ4n) is 2.91. The smallest absolute Gasteiger partial charge is 0.145 e. The van der Waals surface area contributed by atoms with E-state index in [0.29, 0.717) is 0 Å². The summed E-state index contributed by atoms with van der Waals surface area (Å²) in [5.74, 6) is 3.06. The number of aromatic nitrogens is 3. The highest BCUT2D eigenvalue weighted by Gasteiger charge is 2.08. The first-order valence-electron chi connectivity index (χ1n) is 8.80. The Labute approximate surface area is 158 Å². The maximum atomic E-state index is 5.94. The summed E-state index contributed by atoms with van der Waals surface area (Å²) in [7, 11) is 0. The van der Waals surface area contributed by atoms with Crippen molar-refractivity contribution in [2.45, 2.75) is 20.8 Å². The van der Waals surface area contributed by atoms with Gasteiger partial charge in [-0.15, -0.1) is 0 Å². The highest BCUT2D eigenvalue weighted by molar-refractivity contribution is 5.90. The molecule has 0 amide bonds. The number of ether oxygens (including phenoxy) is 1. The number of hydrogen-bond acceptors (Lipinski definition) is 5. The number of hydrogen-bond donors (Lipinski definition) is 1. The minimum absolute atomic E-state index is 0.724. The minimum Gasteiger partial charge on any atom is -0.455 e. The molecule has 0 fully saturated rings. The molecule has 0 spiro atoms. The molecule has 4 aromatic rings. The molecule has 0 atom stereocenters. The summed E-state index contributed by atoms with van der Waals surface area (Å²) in [4.78, 5) is 13.3. The third-order valence-electron chi connectivity index (χ3n) is 4.26. The highest BCUT2D eigenvalue weighted by Crippen LogP contribution is 2.29. The second-order valence-corrected chi connectivity index (χ2v) is 6.48. The number of rotatable bonds is 4. The van der Waals surface area contributed by atoms with Crippen molar-refractivity contribution in [2.75, 3.05) is 5.32 Å². The third-order valence-corrected chi connectivity index (χ3v) is 4.26. The lowest BCUT2D eigenvalue weighted by Gasteiger charge is -2.13. The Morgan fingerprint density at radius 1 is 0.889 bits per heavy atom. The van der Waals surface area contributed by atoms with E-state index in [9.17, 15) is 0 Å². The van der Waals surface area contributed by atoms with E-state index in [1.807, 2.05) is 75.4 Å². The summed E-state index contributed by atoms with van der Waals surface area (Å²) in [6, 6.07) is 17.8. The Bertz CT molecular complexity index is 1110. The van der Waals surface area contributed by atoms with Crippen LogP contribution in [-0.4, -0.2) is 15.0 Å². The van der Waals surface area contributed by atoms with Crippen molar-refractivity contribution in [1.29, 1.82) is 0 Å². The molecule has 0 bridgehead atoms. The molecule has 2 aromatic heterocycles. The molecule has 4 rings (SSSR count). The molecule has 2 aromatic carbocycles. The van der Waals surface area contributed by atoms with Crippen LogP contribution < -0.4 is 10.1 Å². The number of nitrogens with one attached hydrogen (secondary N) is 1. The summed E-state index contributed by atoms with van der Waals surface area (Å²) >= 11 is 0. The van der Waals surface area contributed by atoms with Crippen molar-refractivity contribution in [3.8, 4) is 11.5 Å². The molecule has 2 heterocycles. The number of nitrogens with zero attached hydrogens (tertiary/aromatic N) is 3. The normalized spacial score (nSPS) is 10.8. The Morgan fingerprint density at radius 2 is 1.74 bits per heavy atom. The molecule has 5 nitrogen and oxygen atoms in total. The van der Waals surface area contributed by atoms with E-state index in [2.05, 4.69) is 20.3 Å². The molecule has 0 saturated carbocycles. The van der Waals surface area contributed by atoms with Crippen LogP contribution in [0.3, 0.4) is 0 Å². The summed E-state index contributed by atoms with van der Waals surface area (Å²) in [6.07, 6.45) is 1.73. The molecule has 0 radical (unpaired) electrons. The zero-order valence-corrected chi connectivity index (χ0v) is 15.5. The van der Waals surface area contributed by atoms with Gasteiger partial charge in [-0.1, -0.05) is 12.1 Å². The first kappa shape index (κ1) is 17.0. The maximum Gasteiger partial charge on any atom is 0.145 e. The molecule has 0 unspecified atom stereocenters. The van der Waals surface area contributed by atoms with Gasteiger partial charge in [-0.2, -0.15) is 0 Å². The molecule has 0 aliphatic rings. The number of aryl methyl sites for hydroxylation is 3. The fraction of sp³-hybridized carbons (Fsp3) is 0.136. The highest BCUT2D eigenvalue weighted by atomic mass is 16.5. The summed E-state index contributed by atoms with van der Waals surface area (Å²) in [6.45, 7) is 5.87. The lowest BCUT2D eigenvalue weighted by atomic mass is 10.2. The molecular formula is C22H20N4O. The lowest BCUT2D eigenvalue weighted by Crippen LogP contribution is -1.99. The van der Waals surface area contributed by atoms with Crippen LogP contribution in [0.15, 0.2) is 60.8 Å². The van der Waals surface area contributed by atoms with Gasteiger partial charge >= 0.3 is 0 Å². The average molecular weight is 356 g/mol. The Morgan fingerprint density at radius 3 is 2.52 bits per heavy atom. The van der Waals surface area contributed by atoms with Crippen molar-refractivity contribution >= 4 is 22.4 Å². The van der Waals surface area contributed by atoms with Crippen LogP contribution in [0, 0.1) is 20.8 Å². The Balaban J connectivity index is 1.61. The van der Waals surface area contributed by atoms with Crippen molar-refractivity contribution in [1.82, 2.24) is 15.0 Å². The van der Waals surface area contributed by atoms with Gasteiger partial charge in [-0.3, -0.25) is 4.98 Å². The van der Waals surface area contributed by atoms with Gasteiger partial charge in [0.15, 0.2) is 0 Å². The first-order chi connectivity index (χ1) is 13.1. The van der Waals surface area contributed by atoms with Gasteiger partial charge in [0.1, 0.15) is 23.1 Å². The zero-order chi connectivity index (χ0) is 18.8. The van der Waals surface area contributed by atoms with Crippen LogP contribution in [-0.2, 0) is 0 Å². The van der Waals surface area contributed by atoms with Gasteiger partial charge in [0.05, 0.1) is 11.7 Å². The van der Waals surface area contributed by atoms with E-state index in [1.54, 1.807) is 6.20 Å². The van der Waals surface area contributed by atoms with E-state index in [4.69, 9.17) is 4.74 Å². The van der Waals surface area contributed by atoms with Crippen molar-refractivity contribution in [2.24, 2.45) is 0 Å². The van der Waals surface area contributed by atoms with Crippen LogP contribution in [0.25, 0.3) is 10.9 Å². The number of anilines is 2. The zero-order valence-electron chi connectivity index (χ0n) is 15.5. The van der Waals surface area contributed by atoms with Crippen LogP contribution in [0.5, 0.6) is 11.5 Å². The predicted molar refractivity (Wildman–Crippen MR) is 108 cm³/mol.